The predicted molar refractivity (Wildman–Crippen MR) is 213 cm³/mol. The van der Waals surface area contributed by atoms with Gasteiger partial charge in [0.05, 0.1) is 28.3 Å². The van der Waals surface area contributed by atoms with E-state index in [1.165, 1.54) is 20.2 Å². The number of thiazole rings is 1. The average Bonchev–Trinajstić information content (AvgIpc) is 3.88. The molecule has 14 heteroatoms. The fourth-order valence-electron chi connectivity index (χ4n) is 6.46. The molecule has 0 aliphatic carbocycles. The monoisotopic (exact) mass is 791 g/mol. The molecule has 260 valence electrons. The van der Waals surface area contributed by atoms with Crippen LogP contribution < -0.4 is 9.47 Å². The maximum Gasteiger partial charge on any atom is 0.265 e. The summed E-state index contributed by atoms with van der Waals surface area (Å²) in [6, 6.07) is 31.5. The van der Waals surface area contributed by atoms with Gasteiger partial charge in [-0.3, -0.25) is 9.11 Å². The first kappa shape index (κ1) is 34.5. The summed E-state index contributed by atoms with van der Waals surface area (Å²) in [7, 11) is -8.28. The van der Waals surface area contributed by atoms with Crippen LogP contribution in [-0.4, -0.2) is 44.0 Å². The lowest BCUT2D eigenvalue weighted by Crippen LogP contribution is -2.36. The van der Waals surface area contributed by atoms with E-state index < -0.39 is 20.2 Å². The third kappa shape index (κ3) is 7.37. The van der Waals surface area contributed by atoms with E-state index in [1.807, 2.05) is 12.1 Å². The number of thioether (sulfide) groups is 1. The lowest BCUT2D eigenvalue weighted by molar-refractivity contribution is -0.668. The van der Waals surface area contributed by atoms with Crippen molar-refractivity contribution < 1.29 is 30.5 Å². The average molecular weight is 792 g/mol. The summed E-state index contributed by atoms with van der Waals surface area (Å²) in [5, 5.41) is 6.23. The number of thiophene rings is 2. The van der Waals surface area contributed by atoms with Crippen molar-refractivity contribution in [2.45, 2.75) is 24.3 Å². The highest BCUT2D eigenvalue weighted by atomic mass is 32.2. The van der Waals surface area contributed by atoms with Crippen LogP contribution in [0.5, 0.6) is 0 Å². The van der Waals surface area contributed by atoms with Crippen LogP contribution in [0, 0.1) is 0 Å². The minimum absolute atomic E-state index is 0.222. The quantitative estimate of drug-likeness (QED) is 0.0984. The maximum absolute atomic E-state index is 11.7. The summed E-state index contributed by atoms with van der Waals surface area (Å²) in [5.74, 6) is -0.713. The molecule has 8 rings (SSSR count). The summed E-state index contributed by atoms with van der Waals surface area (Å²) >= 11 is 6.60. The standard InChI is InChI=1S/C37H30N2O6S6/c40-50(41,42)18-4-15-38-29-20-25(28-8-3-7-24-14-17-46-37(24)28)10-12-32(29)48-35(38)23-36-39(16-5-19-51(43,44)45)30-21-27(11-13-33(30)49-36)34-22-26-6-1-2-9-31(26)47-34/h1-3,6-14,17,20-23H,4-5,15-16,18-19H2,(H-,40,41,42,43,44,45)/p+1. The molecule has 0 saturated heterocycles. The Labute approximate surface area is 311 Å². The second kappa shape index (κ2) is 13.7. The zero-order valence-electron chi connectivity index (χ0n) is 26.9. The van der Waals surface area contributed by atoms with Crippen LogP contribution in [-0.2, 0) is 26.8 Å². The van der Waals surface area contributed by atoms with Crippen molar-refractivity contribution in [2.75, 3.05) is 23.0 Å². The SMILES string of the molecule is O=S(=O)(O)CCCN1C(=Cc2sc3ccc(-c4cccc5ccsc45)cc3[n+]2CCCS(=O)(=O)O)Sc2ccc(-c3cc4ccccc4s3)cc21. The number of aromatic nitrogens is 1. The molecule has 0 spiro atoms. The van der Waals surface area contributed by atoms with Gasteiger partial charge in [-0.1, -0.05) is 71.6 Å². The summed E-state index contributed by atoms with van der Waals surface area (Å²) in [4.78, 5) is 4.27. The van der Waals surface area contributed by atoms with E-state index in [2.05, 4.69) is 99.8 Å². The van der Waals surface area contributed by atoms with Gasteiger partial charge in [-0.2, -0.15) is 21.4 Å². The number of aryl methyl sites for hydroxylation is 1. The second-order valence-corrected chi connectivity index (χ2v) is 19.5. The van der Waals surface area contributed by atoms with Crippen molar-refractivity contribution in [3.8, 4) is 21.6 Å². The number of nitrogens with zero attached hydrogens (tertiary/aromatic N) is 2. The highest BCUT2D eigenvalue weighted by Crippen LogP contribution is 2.49. The third-order valence-corrected chi connectivity index (χ3v) is 14.7. The fourth-order valence-corrected chi connectivity index (χ4v) is 11.7. The molecular weight excluding hydrogens is 761 g/mol. The minimum atomic E-state index is -4.14. The molecule has 0 unspecified atom stereocenters. The summed E-state index contributed by atoms with van der Waals surface area (Å²) in [5.41, 5.74) is 5.16. The van der Waals surface area contributed by atoms with E-state index in [0.29, 0.717) is 13.1 Å². The van der Waals surface area contributed by atoms with Crippen molar-refractivity contribution in [1.29, 1.82) is 0 Å². The molecule has 0 bridgehead atoms. The van der Waals surface area contributed by atoms with E-state index in [9.17, 15) is 25.9 Å². The van der Waals surface area contributed by atoms with Crippen molar-refractivity contribution in [2.24, 2.45) is 0 Å². The normalized spacial score (nSPS) is 14.4. The molecule has 1 aliphatic heterocycles. The first-order chi connectivity index (χ1) is 24.5. The molecule has 0 fully saturated rings. The molecule has 7 aromatic rings. The van der Waals surface area contributed by atoms with E-state index in [-0.39, 0.29) is 24.3 Å². The molecule has 4 aromatic carbocycles. The second-order valence-electron chi connectivity index (χ2n) is 12.3. The number of hydrogen-bond acceptors (Lipinski definition) is 9. The van der Waals surface area contributed by atoms with Gasteiger partial charge in [0.25, 0.3) is 25.2 Å². The van der Waals surface area contributed by atoms with Crippen molar-refractivity contribution in [3.05, 3.63) is 106 Å². The number of anilines is 1. The van der Waals surface area contributed by atoms with Gasteiger partial charge in [0.1, 0.15) is 4.70 Å². The Kier molecular flexibility index (Phi) is 9.30. The Morgan fingerprint density at radius 1 is 0.745 bits per heavy atom. The van der Waals surface area contributed by atoms with Crippen LogP contribution in [0.1, 0.15) is 17.8 Å². The fraction of sp³-hybridized carbons (Fsp3) is 0.162. The van der Waals surface area contributed by atoms with Crippen LogP contribution in [0.15, 0.2) is 106 Å². The van der Waals surface area contributed by atoms with Gasteiger partial charge in [-0.25, -0.2) is 0 Å². The first-order valence-corrected chi connectivity index (χ1v) is 22.7. The van der Waals surface area contributed by atoms with E-state index in [4.69, 9.17) is 0 Å². The van der Waals surface area contributed by atoms with Gasteiger partial charge >= 0.3 is 0 Å². The lowest BCUT2D eigenvalue weighted by atomic mass is 10.0. The molecule has 8 nitrogen and oxygen atoms in total. The van der Waals surface area contributed by atoms with Crippen molar-refractivity contribution in [1.82, 2.24) is 0 Å². The molecular formula is C37H31N2O6S6+. The van der Waals surface area contributed by atoms with Gasteiger partial charge < -0.3 is 4.90 Å². The zero-order chi connectivity index (χ0) is 35.3. The van der Waals surface area contributed by atoms with E-state index >= 15 is 0 Å². The number of rotatable bonds is 11. The Bertz CT molecular complexity index is 2680. The van der Waals surface area contributed by atoms with Crippen LogP contribution in [0.3, 0.4) is 0 Å². The Morgan fingerprint density at radius 2 is 1.53 bits per heavy atom. The highest BCUT2D eigenvalue weighted by molar-refractivity contribution is 8.04. The Balaban J connectivity index is 1.21. The summed E-state index contributed by atoms with van der Waals surface area (Å²) < 4.78 is 71.4. The van der Waals surface area contributed by atoms with Gasteiger partial charge in [0, 0.05) is 38.2 Å². The Hall–Kier alpha value is -3.60. The topological polar surface area (TPSA) is 116 Å². The molecule has 0 saturated carbocycles. The largest absolute Gasteiger partial charge is 0.335 e. The third-order valence-electron chi connectivity index (χ3n) is 8.78. The van der Waals surface area contributed by atoms with Gasteiger partial charge in [0.15, 0.2) is 6.54 Å². The predicted octanol–water partition coefficient (Wildman–Crippen LogP) is 9.42. The number of hydrogen-bond donors (Lipinski definition) is 2. The Morgan fingerprint density at radius 3 is 2.35 bits per heavy atom. The molecule has 2 N–H and O–H groups in total. The smallest absolute Gasteiger partial charge is 0.265 e. The summed E-state index contributed by atoms with van der Waals surface area (Å²) in [6.07, 6.45) is 2.52. The molecule has 3 aromatic heterocycles. The van der Waals surface area contributed by atoms with Crippen LogP contribution in [0.25, 0.3) is 58.0 Å². The van der Waals surface area contributed by atoms with E-state index in [0.717, 1.165) is 52.4 Å². The zero-order valence-corrected chi connectivity index (χ0v) is 31.8. The first-order valence-electron chi connectivity index (χ1n) is 16.1. The minimum Gasteiger partial charge on any atom is -0.335 e. The summed E-state index contributed by atoms with van der Waals surface area (Å²) in [6.45, 7) is 0.728. The molecule has 51 heavy (non-hydrogen) atoms. The van der Waals surface area contributed by atoms with Crippen molar-refractivity contribution in [3.63, 3.8) is 0 Å². The van der Waals surface area contributed by atoms with Gasteiger partial charge in [-0.15, -0.1) is 22.7 Å². The number of fused-ring (bicyclic) bond motifs is 4. The molecule has 0 radical (unpaired) electrons. The maximum atomic E-state index is 11.7. The lowest BCUT2D eigenvalue weighted by Gasteiger charge is -2.20. The van der Waals surface area contributed by atoms with Crippen LogP contribution >= 0.6 is 45.8 Å². The van der Waals surface area contributed by atoms with E-state index in [1.54, 1.807) is 45.8 Å². The van der Waals surface area contributed by atoms with Crippen LogP contribution in [0.4, 0.5) is 5.69 Å². The molecule has 1 aliphatic rings. The highest BCUT2D eigenvalue weighted by Gasteiger charge is 2.29. The molecule has 0 atom stereocenters. The molecule has 0 amide bonds. The van der Waals surface area contributed by atoms with Crippen LogP contribution in [0.2, 0.25) is 0 Å². The van der Waals surface area contributed by atoms with Gasteiger partial charge in [0.2, 0.25) is 5.52 Å². The number of benzene rings is 4. The molecule has 4 heterocycles. The van der Waals surface area contributed by atoms with Crippen molar-refractivity contribution >= 4 is 108 Å². The van der Waals surface area contributed by atoms with Gasteiger partial charge in [-0.05, 0) is 75.7 Å².